The largest absolute Gasteiger partial charge is 0.481 e. The first kappa shape index (κ1) is 20.1. The van der Waals surface area contributed by atoms with Gasteiger partial charge in [0.2, 0.25) is 5.88 Å². The van der Waals surface area contributed by atoms with Gasteiger partial charge in [-0.2, -0.15) is 0 Å². The molecule has 0 amide bonds. The summed E-state index contributed by atoms with van der Waals surface area (Å²) in [6.45, 7) is 4.78. The highest BCUT2D eigenvalue weighted by Gasteiger charge is 2.45. The summed E-state index contributed by atoms with van der Waals surface area (Å²) in [5.74, 6) is -0.669. The normalized spacial score (nSPS) is 17.5. The minimum absolute atomic E-state index is 0.0212. The van der Waals surface area contributed by atoms with Crippen LogP contribution >= 0.6 is 0 Å². The van der Waals surface area contributed by atoms with Crippen LogP contribution in [0, 0.1) is 5.92 Å². The summed E-state index contributed by atoms with van der Waals surface area (Å²) in [5, 5.41) is 9.05. The van der Waals surface area contributed by atoms with Gasteiger partial charge in [-0.05, 0) is 53.1 Å². The van der Waals surface area contributed by atoms with E-state index in [4.69, 9.17) is 9.84 Å². The number of hydrogen-bond donors (Lipinski definition) is 1. The highest BCUT2D eigenvalue weighted by Crippen LogP contribution is 2.46. The molecule has 0 aliphatic heterocycles. The quantitative estimate of drug-likeness (QED) is 0.572. The Morgan fingerprint density at radius 2 is 1.80 bits per heavy atom. The third-order valence-corrected chi connectivity index (χ3v) is 5.74. The maximum Gasteiger partial charge on any atom is 0.307 e. The zero-order chi connectivity index (χ0) is 21.1. The van der Waals surface area contributed by atoms with Gasteiger partial charge in [-0.25, -0.2) is 4.98 Å². The van der Waals surface area contributed by atoms with Gasteiger partial charge < -0.3 is 9.84 Å². The summed E-state index contributed by atoms with van der Waals surface area (Å²) in [4.78, 5) is 19.7. The standard InChI is InChI=1S/C25H26N2O3/c1-3-17-8-6-9-18(4-2)24(17)19-10-5-7-16(11-19)15-30-23-14-26-22(13-27-23)20-12-21(20)25(28)29/h5-11,13-14,20-21H,3-4,12,15H2,1-2H3,(H,28,29)/t20-,21-/m1/s1. The topological polar surface area (TPSA) is 72.3 Å². The number of nitrogens with zero attached hydrogens (tertiary/aromatic N) is 2. The van der Waals surface area contributed by atoms with E-state index >= 15 is 0 Å². The first-order chi connectivity index (χ1) is 14.6. The Hall–Kier alpha value is -3.21. The third-order valence-electron chi connectivity index (χ3n) is 5.74. The molecule has 1 aliphatic carbocycles. The monoisotopic (exact) mass is 402 g/mol. The molecule has 2 aromatic carbocycles. The second-order valence-electron chi connectivity index (χ2n) is 7.71. The van der Waals surface area contributed by atoms with Crippen LogP contribution in [0.3, 0.4) is 0 Å². The number of ether oxygens (including phenoxy) is 1. The summed E-state index contributed by atoms with van der Waals surface area (Å²) < 4.78 is 5.84. The van der Waals surface area contributed by atoms with Crippen LogP contribution in [0.5, 0.6) is 5.88 Å². The summed E-state index contributed by atoms with van der Waals surface area (Å²) in [6, 6.07) is 15.0. The number of carboxylic acid groups (broad SMARTS) is 1. The number of aryl methyl sites for hydroxylation is 2. The average Bonchev–Trinajstić information content (AvgIpc) is 3.59. The smallest absolute Gasteiger partial charge is 0.307 e. The fraction of sp³-hybridized carbons (Fsp3) is 0.320. The first-order valence-corrected chi connectivity index (χ1v) is 10.5. The number of carboxylic acids is 1. The van der Waals surface area contributed by atoms with Crippen molar-refractivity contribution < 1.29 is 14.6 Å². The predicted molar refractivity (Wildman–Crippen MR) is 115 cm³/mol. The zero-order valence-corrected chi connectivity index (χ0v) is 17.3. The predicted octanol–water partition coefficient (Wildman–Crippen LogP) is 5.04. The Kier molecular flexibility index (Phi) is 5.79. The fourth-order valence-corrected chi connectivity index (χ4v) is 3.97. The molecular weight excluding hydrogens is 376 g/mol. The number of aliphatic carboxylic acids is 1. The molecule has 2 atom stereocenters. The van der Waals surface area contributed by atoms with Crippen molar-refractivity contribution in [3.8, 4) is 17.0 Å². The molecule has 1 fully saturated rings. The molecule has 1 aliphatic rings. The molecule has 1 N–H and O–H groups in total. The lowest BCUT2D eigenvalue weighted by atomic mass is 9.91. The van der Waals surface area contributed by atoms with Gasteiger partial charge >= 0.3 is 5.97 Å². The summed E-state index contributed by atoms with van der Waals surface area (Å²) in [7, 11) is 0. The SMILES string of the molecule is CCc1cccc(CC)c1-c1cccc(COc2cnc([C@@H]3C[C@H]3C(=O)O)cn2)c1. The average molecular weight is 402 g/mol. The van der Waals surface area contributed by atoms with Crippen LogP contribution in [0.15, 0.2) is 54.9 Å². The van der Waals surface area contributed by atoms with Crippen LogP contribution in [0.25, 0.3) is 11.1 Å². The van der Waals surface area contributed by atoms with Gasteiger partial charge in [0, 0.05) is 5.92 Å². The lowest BCUT2D eigenvalue weighted by molar-refractivity contribution is -0.138. The molecule has 1 aromatic heterocycles. The van der Waals surface area contributed by atoms with Crippen molar-refractivity contribution in [2.24, 2.45) is 5.92 Å². The maximum absolute atomic E-state index is 11.0. The lowest BCUT2D eigenvalue weighted by Crippen LogP contribution is -2.02. The Balaban J connectivity index is 1.47. The van der Waals surface area contributed by atoms with Gasteiger partial charge in [0.25, 0.3) is 0 Å². The van der Waals surface area contributed by atoms with Crippen LogP contribution in [0.4, 0.5) is 0 Å². The van der Waals surface area contributed by atoms with E-state index in [2.05, 4.69) is 60.2 Å². The van der Waals surface area contributed by atoms with Crippen LogP contribution in [0.2, 0.25) is 0 Å². The molecular formula is C25H26N2O3. The number of rotatable bonds is 8. The van der Waals surface area contributed by atoms with Crippen molar-refractivity contribution >= 4 is 5.97 Å². The zero-order valence-electron chi connectivity index (χ0n) is 17.3. The molecule has 154 valence electrons. The van der Waals surface area contributed by atoms with Crippen molar-refractivity contribution in [3.63, 3.8) is 0 Å². The third kappa shape index (κ3) is 4.20. The van der Waals surface area contributed by atoms with Gasteiger partial charge in [-0.15, -0.1) is 0 Å². The lowest BCUT2D eigenvalue weighted by Gasteiger charge is -2.14. The molecule has 5 heteroatoms. The van der Waals surface area contributed by atoms with E-state index in [9.17, 15) is 4.79 Å². The van der Waals surface area contributed by atoms with Crippen molar-refractivity contribution in [3.05, 3.63) is 77.2 Å². The van der Waals surface area contributed by atoms with Crippen molar-refractivity contribution in [2.45, 2.75) is 45.6 Å². The second-order valence-corrected chi connectivity index (χ2v) is 7.71. The summed E-state index contributed by atoms with van der Waals surface area (Å²) in [6.07, 6.45) is 5.84. The van der Waals surface area contributed by atoms with Crippen LogP contribution in [-0.4, -0.2) is 21.0 Å². The van der Waals surface area contributed by atoms with E-state index in [1.807, 2.05) is 6.07 Å². The van der Waals surface area contributed by atoms with E-state index in [0.29, 0.717) is 18.9 Å². The van der Waals surface area contributed by atoms with E-state index < -0.39 is 5.97 Å². The van der Waals surface area contributed by atoms with E-state index in [-0.39, 0.29) is 11.8 Å². The molecule has 0 spiro atoms. The molecule has 5 nitrogen and oxygen atoms in total. The van der Waals surface area contributed by atoms with Gasteiger partial charge in [-0.3, -0.25) is 9.78 Å². The maximum atomic E-state index is 11.0. The van der Waals surface area contributed by atoms with Gasteiger partial charge in [0.15, 0.2) is 0 Å². The number of benzene rings is 2. The van der Waals surface area contributed by atoms with E-state index in [1.165, 1.54) is 22.3 Å². The molecule has 3 aromatic rings. The Bertz CT molecular complexity index is 1020. The van der Waals surface area contributed by atoms with Crippen molar-refractivity contribution in [1.82, 2.24) is 9.97 Å². The highest BCUT2D eigenvalue weighted by molar-refractivity contribution is 5.75. The van der Waals surface area contributed by atoms with Crippen LogP contribution in [-0.2, 0) is 24.2 Å². The minimum Gasteiger partial charge on any atom is -0.481 e. The van der Waals surface area contributed by atoms with Crippen molar-refractivity contribution in [1.29, 1.82) is 0 Å². The van der Waals surface area contributed by atoms with Gasteiger partial charge in [-0.1, -0.05) is 50.2 Å². The first-order valence-electron chi connectivity index (χ1n) is 10.5. The Morgan fingerprint density at radius 1 is 1.07 bits per heavy atom. The minimum atomic E-state index is -0.766. The fourth-order valence-electron chi connectivity index (χ4n) is 3.97. The molecule has 4 rings (SSSR count). The number of carbonyl (C=O) groups is 1. The second kappa shape index (κ2) is 8.66. The van der Waals surface area contributed by atoms with E-state index in [0.717, 1.165) is 24.1 Å². The van der Waals surface area contributed by atoms with Crippen LogP contribution < -0.4 is 4.74 Å². The molecule has 0 radical (unpaired) electrons. The molecule has 30 heavy (non-hydrogen) atoms. The number of aromatic nitrogens is 2. The molecule has 1 heterocycles. The van der Waals surface area contributed by atoms with Crippen molar-refractivity contribution in [2.75, 3.05) is 0 Å². The molecule has 0 unspecified atom stereocenters. The highest BCUT2D eigenvalue weighted by atomic mass is 16.5. The Morgan fingerprint density at radius 3 is 2.40 bits per heavy atom. The molecule has 1 saturated carbocycles. The summed E-state index contributed by atoms with van der Waals surface area (Å²) in [5.41, 5.74) is 7.04. The van der Waals surface area contributed by atoms with Gasteiger partial charge in [0.05, 0.1) is 24.0 Å². The van der Waals surface area contributed by atoms with E-state index in [1.54, 1.807) is 12.4 Å². The summed E-state index contributed by atoms with van der Waals surface area (Å²) >= 11 is 0. The van der Waals surface area contributed by atoms with Gasteiger partial charge in [0.1, 0.15) is 6.61 Å². The molecule has 0 bridgehead atoms. The molecule has 0 saturated heterocycles. The van der Waals surface area contributed by atoms with Crippen LogP contribution in [0.1, 0.15) is 48.6 Å². The number of hydrogen-bond acceptors (Lipinski definition) is 4. The Labute approximate surface area is 176 Å².